The zero-order chi connectivity index (χ0) is 33.7. The van der Waals surface area contributed by atoms with Crippen LogP contribution in [0.25, 0.3) is 43.8 Å². The fourth-order valence-corrected chi connectivity index (χ4v) is 8.00. The van der Waals surface area contributed by atoms with E-state index in [1.165, 1.54) is 85.8 Å². The van der Waals surface area contributed by atoms with Crippen molar-refractivity contribution in [3.8, 4) is 22.3 Å². The molecule has 49 heavy (non-hydrogen) atoms. The Morgan fingerprint density at radius 2 is 1.16 bits per heavy atom. The van der Waals surface area contributed by atoms with Gasteiger partial charge in [0.15, 0.2) is 0 Å². The molecule has 0 radical (unpaired) electrons. The molecule has 0 saturated heterocycles. The summed E-state index contributed by atoms with van der Waals surface area (Å²) in [5.41, 5.74) is 9.90. The van der Waals surface area contributed by atoms with Gasteiger partial charge in [0.1, 0.15) is 0 Å². The summed E-state index contributed by atoms with van der Waals surface area (Å²) in [4.78, 5) is 0. The first-order valence-corrected chi connectivity index (χ1v) is 27.2. The van der Waals surface area contributed by atoms with Gasteiger partial charge in [-0.25, -0.2) is 0 Å². The van der Waals surface area contributed by atoms with Crippen LogP contribution >= 0.6 is 0 Å². The third-order valence-electron chi connectivity index (χ3n) is 9.44. The van der Waals surface area contributed by atoms with E-state index >= 15 is 0 Å². The van der Waals surface area contributed by atoms with Crippen LogP contribution in [0.4, 0.5) is 0 Å². The molecule has 7 rings (SSSR count). The Labute approximate surface area is 325 Å². The van der Waals surface area contributed by atoms with Crippen molar-refractivity contribution in [2.75, 3.05) is 0 Å². The standard InChI is InChI=1S/C23H25.C19H21Si.C2H6Si.2ClH.Zr/c1-16(2)17-10-12-19(13-11-17)22-9-5-8-20-14-21(15-23(20)22)18-6-3-4-7-18;1-14-12-16-6-5-7-18(19(16)13-14)15-8-10-17(11-9-15)20(2,3)4;1-3-2;;;/h5,8-16,18H,3-4,6-7H2,1-2H3;5-13H,1-4H3;1-2H3;2*1H;/q2*-1;;;;+2/p-2. The minimum Gasteiger partial charge on any atom is -1.00 e. The van der Waals surface area contributed by atoms with E-state index in [2.05, 4.69) is 163 Å². The summed E-state index contributed by atoms with van der Waals surface area (Å²) >= 11 is 1.74. The van der Waals surface area contributed by atoms with Crippen molar-refractivity contribution in [2.24, 2.45) is 0 Å². The second kappa shape index (κ2) is 18.5. The molecule has 0 aliphatic heterocycles. The Hall–Kier alpha value is -2.00. The molecule has 1 fully saturated rings. The van der Waals surface area contributed by atoms with Crippen LogP contribution in [0.15, 0.2) is 109 Å². The summed E-state index contributed by atoms with van der Waals surface area (Å²) < 4.78 is 0. The average Bonchev–Trinajstić information content (AvgIpc) is 3.80. The molecule has 6 aromatic rings. The van der Waals surface area contributed by atoms with E-state index in [-0.39, 0.29) is 30.2 Å². The largest absolute Gasteiger partial charge is 1.00 e. The third-order valence-corrected chi connectivity index (χ3v) is 11.5. The maximum absolute atomic E-state index is 2.46. The molecule has 5 heteroatoms. The molecule has 6 aromatic carbocycles. The summed E-state index contributed by atoms with van der Waals surface area (Å²) in [5.74, 6) is 1.38. The van der Waals surface area contributed by atoms with Gasteiger partial charge in [0, 0.05) is 0 Å². The average molecular weight is 799 g/mol. The predicted octanol–water partition coefficient (Wildman–Crippen LogP) is 6.88. The quantitative estimate of drug-likeness (QED) is 0.132. The molecule has 0 atom stereocenters. The van der Waals surface area contributed by atoms with Crippen LogP contribution < -0.4 is 30.0 Å². The maximum atomic E-state index is 2.46. The minimum atomic E-state index is -1.21. The smallest absolute Gasteiger partial charge is 0.0775 e. The molecule has 0 nitrogen and oxygen atoms in total. The zero-order valence-corrected chi connectivity index (χ0v) is 36.6. The van der Waals surface area contributed by atoms with E-state index in [9.17, 15) is 0 Å². The van der Waals surface area contributed by atoms with Gasteiger partial charge in [0.2, 0.25) is 0 Å². The molecule has 256 valence electrons. The number of benzene rings is 4. The molecule has 0 aromatic heterocycles. The molecule has 0 spiro atoms. The number of rotatable bonds is 5. The van der Waals surface area contributed by atoms with Crippen molar-refractivity contribution < 1.29 is 48.1 Å². The van der Waals surface area contributed by atoms with Gasteiger partial charge in [0.05, 0.1) is 8.07 Å². The normalized spacial score (nSPS) is 12.9. The molecule has 0 unspecified atom stereocenters. The van der Waals surface area contributed by atoms with Crippen molar-refractivity contribution in [2.45, 2.75) is 91.0 Å². The van der Waals surface area contributed by atoms with E-state index in [1.54, 1.807) is 28.9 Å². The van der Waals surface area contributed by atoms with E-state index in [1.807, 2.05) is 0 Å². The van der Waals surface area contributed by atoms with Gasteiger partial charge in [0.25, 0.3) is 0 Å². The minimum absolute atomic E-state index is 0. The molecular weight excluding hydrogens is 747 g/mol. The summed E-state index contributed by atoms with van der Waals surface area (Å²) in [7, 11) is -1.21. The first-order chi connectivity index (χ1) is 22.4. The SMILES string of the molecule is CC(C)c1ccc(-c2cccc3[cH-]c(C4CCCC4)cc23)cc1.C[Si](C)=[Zr+2].Cc1cc2c(-c3ccc([Si](C)(C)C)cc3)cccc2[cH-]1.[Cl-].[Cl-]. The Kier molecular flexibility index (Phi) is 15.6. The van der Waals surface area contributed by atoms with Crippen LogP contribution in [0.3, 0.4) is 0 Å². The van der Waals surface area contributed by atoms with Crippen molar-refractivity contribution in [3.05, 3.63) is 126 Å². The summed E-state index contributed by atoms with van der Waals surface area (Å²) in [5, 5.41) is 7.05. The third kappa shape index (κ3) is 10.8. The van der Waals surface area contributed by atoms with Crippen LogP contribution in [0.2, 0.25) is 32.7 Å². The van der Waals surface area contributed by atoms with Crippen molar-refractivity contribution in [1.29, 1.82) is 0 Å². The number of aryl methyl sites for hydroxylation is 1. The fraction of sp³-hybridized carbons (Fsp3) is 0.318. The second-order valence-electron chi connectivity index (χ2n) is 15.0. The Morgan fingerprint density at radius 1 is 0.694 bits per heavy atom. The molecule has 0 amide bonds. The van der Waals surface area contributed by atoms with E-state index < -0.39 is 8.07 Å². The van der Waals surface area contributed by atoms with Crippen molar-refractivity contribution in [3.63, 3.8) is 0 Å². The van der Waals surface area contributed by atoms with Crippen molar-refractivity contribution in [1.82, 2.24) is 0 Å². The van der Waals surface area contributed by atoms with Crippen molar-refractivity contribution >= 4 is 40.2 Å². The summed E-state index contributed by atoms with van der Waals surface area (Å²) in [6, 6.07) is 41.1. The van der Waals surface area contributed by atoms with Crippen LogP contribution in [-0.2, 0) is 23.3 Å². The van der Waals surface area contributed by atoms with Crippen LogP contribution in [0, 0.1) is 6.92 Å². The first-order valence-electron chi connectivity index (χ1n) is 17.5. The van der Waals surface area contributed by atoms with E-state index in [0.717, 1.165) is 5.92 Å². The monoisotopic (exact) mass is 796 g/mol. The number of hydrogen-bond donors (Lipinski definition) is 0. The molecule has 1 aliphatic rings. The molecule has 1 aliphatic carbocycles. The molecule has 0 bridgehead atoms. The van der Waals surface area contributed by atoms with Crippen LogP contribution in [-0.4, -0.2) is 13.5 Å². The van der Waals surface area contributed by atoms with E-state index in [4.69, 9.17) is 0 Å². The summed E-state index contributed by atoms with van der Waals surface area (Å²) in [6.45, 7) is 18.5. The van der Waals surface area contributed by atoms with E-state index in [0.29, 0.717) is 5.92 Å². The Balaban J connectivity index is 0.000000233. The van der Waals surface area contributed by atoms with Gasteiger partial charge < -0.3 is 24.8 Å². The van der Waals surface area contributed by atoms with Gasteiger partial charge in [-0.15, -0.1) is 69.1 Å². The van der Waals surface area contributed by atoms with Gasteiger partial charge in [-0.2, -0.15) is 12.1 Å². The topological polar surface area (TPSA) is 0 Å². The van der Waals surface area contributed by atoms with Gasteiger partial charge >= 0.3 is 41.9 Å². The molecule has 1 saturated carbocycles. The number of fused-ring (bicyclic) bond motifs is 2. The van der Waals surface area contributed by atoms with Crippen LogP contribution in [0.1, 0.15) is 68.1 Å². The van der Waals surface area contributed by atoms with Gasteiger partial charge in [-0.1, -0.05) is 130 Å². The Morgan fingerprint density at radius 3 is 1.65 bits per heavy atom. The second-order valence-corrected chi connectivity index (χ2v) is 29.5. The predicted molar refractivity (Wildman–Crippen MR) is 210 cm³/mol. The molecule has 0 heterocycles. The number of hydrogen-bond acceptors (Lipinski definition) is 0. The van der Waals surface area contributed by atoms with Gasteiger partial charge in [-0.05, 0) is 41.4 Å². The zero-order valence-electron chi connectivity index (χ0n) is 30.6. The molecule has 0 N–H and O–H groups in total. The first kappa shape index (κ1) is 41.4. The Bertz CT molecular complexity index is 1930. The maximum Gasteiger partial charge on any atom is 0.0775 e. The fourth-order valence-electron chi connectivity index (χ4n) is 6.84. The number of halogens is 2. The van der Waals surface area contributed by atoms with Gasteiger partial charge in [-0.3, -0.25) is 0 Å². The summed E-state index contributed by atoms with van der Waals surface area (Å²) in [6.07, 6.45) is 5.54. The molecular formula is C44H52Cl2Si2Zr-2. The van der Waals surface area contributed by atoms with Crippen LogP contribution in [0.5, 0.6) is 0 Å².